The standard InChI is InChI=1S/C27H35NO2/c1-26-13-11-20(29)16-19(26)6-7-21-22-8-9-24(27(22,2)14-12-23(21)26)25(30)10-5-18-4-3-15-28-17-18/h3-6,10,15,17,20-24,29H,7-9,11-14,16H2,1-2H3/b10-5+/t20-,21?,22?,23?,24+,26?,27-/m0/s1. The van der Waals surface area contributed by atoms with E-state index in [2.05, 4.69) is 24.9 Å². The van der Waals surface area contributed by atoms with E-state index in [1.807, 2.05) is 30.5 Å². The lowest BCUT2D eigenvalue weighted by Crippen LogP contribution is -2.50. The highest BCUT2D eigenvalue weighted by Gasteiger charge is 2.59. The Bertz CT molecular complexity index is 874. The minimum absolute atomic E-state index is 0.132. The fourth-order valence-corrected chi connectivity index (χ4v) is 7.88. The van der Waals surface area contributed by atoms with Gasteiger partial charge in [-0.25, -0.2) is 0 Å². The van der Waals surface area contributed by atoms with Crippen molar-refractivity contribution in [3.05, 3.63) is 47.8 Å². The lowest BCUT2D eigenvalue weighted by molar-refractivity contribution is -0.124. The summed E-state index contributed by atoms with van der Waals surface area (Å²) in [4.78, 5) is 17.4. The van der Waals surface area contributed by atoms with Crippen LogP contribution in [0.2, 0.25) is 0 Å². The Morgan fingerprint density at radius 1 is 1.17 bits per heavy atom. The van der Waals surface area contributed by atoms with Gasteiger partial charge in [-0.15, -0.1) is 0 Å². The number of aliphatic hydroxyl groups is 1. The first-order chi connectivity index (χ1) is 14.4. The Morgan fingerprint density at radius 3 is 2.83 bits per heavy atom. The Morgan fingerprint density at radius 2 is 2.03 bits per heavy atom. The van der Waals surface area contributed by atoms with E-state index in [0.717, 1.165) is 43.6 Å². The van der Waals surface area contributed by atoms with Gasteiger partial charge in [-0.05, 0) is 104 Å². The van der Waals surface area contributed by atoms with Crippen molar-refractivity contribution in [2.24, 2.45) is 34.5 Å². The smallest absolute Gasteiger partial charge is 0.159 e. The third kappa shape index (κ3) is 3.12. The van der Waals surface area contributed by atoms with E-state index in [4.69, 9.17) is 0 Å². The van der Waals surface area contributed by atoms with Crippen molar-refractivity contribution >= 4 is 11.9 Å². The highest BCUT2D eigenvalue weighted by atomic mass is 16.3. The van der Waals surface area contributed by atoms with Crippen LogP contribution in [0.1, 0.15) is 70.8 Å². The first-order valence-corrected chi connectivity index (χ1v) is 11.9. The fourth-order valence-electron chi connectivity index (χ4n) is 7.88. The molecule has 0 aromatic carbocycles. The van der Waals surface area contributed by atoms with Crippen LogP contribution < -0.4 is 0 Å². The lowest BCUT2D eigenvalue weighted by Gasteiger charge is -2.57. The van der Waals surface area contributed by atoms with Crippen LogP contribution >= 0.6 is 0 Å². The van der Waals surface area contributed by atoms with Gasteiger partial charge in [0.05, 0.1) is 6.10 Å². The minimum atomic E-state index is -0.144. The number of ketones is 1. The van der Waals surface area contributed by atoms with Crippen LogP contribution in [0, 0.1) is 34.5 Å². The number of carbonyl (C=O) groups is 1. The number of allylic oxidation sites excluding steroid dienone is 2. The largest absolute Gasteiger partial charge is 0.393 e. The van der Waals surface area contributed by atoms with Gasteiger partial charge in [0.15, 0.2) is 5.78 Å². The lowest BCUT2D eigenvalue weighted by atomic mass is 9.47. The zero-order valence-corrected chi connectivity index (χ0v) is 18.4. The number of rotatable bonds is 3. The molecule has 1 aromatic rings. The van der Waals surface area contributed by atoms with E-state index in [1.165, 1.54) is 24.8 Å². The molecule has 0 radical (unpaired) electrons. The number of fused-ring (bicyclic) bond motifs is 5. The van der Waals surface area contributed by atoms with Gasteiger partial charge in [-0.3, -0.25) is 9.78 Å². The topological polar surface area (TPSA) is 50.2 Å². The van der Waals surface area contributed by atoms with Crippen molar-refractivity contribution in [3.8, 4) is 0 Å². The molecule has 0 saturated heterocycles. The molecule has 3 fully saturated rings. The molecule has 0 amide bonds. The third-order valence-corrected chi connectivity index (χ3v) is 9.55. The van der Waals surface area contributed by atoms with Gasteiger partial charge in [0.25, 0.3) is 0 Å². The van der Waals surface area contributed by atoms with Crippen LogP contribution in [-0.4, -0.2) is 22.0 Å². The van der Waals surface area contributed by atoms with Crippen LogP contribution in [0.4, 0.5) is 0 Å². The Kier molecular flexibility index (Phi) is 5.01. The summed E-state index contributed by atoms with van der Waals surface area (Å²) < 4.78 is 0. The van der Waals surface area contributed by atoms with Crippen molar-refractivity contribution in [2.45, 2.75) is 71.3 Å². The SMILES string of the molecule is CC12CC[C@H](O)CC1=CCC1C2CC[C@@]2(C)C1CC[C@@H]2C(=O)/C=C/c1cccnc1. The maximum atomic E-state index is 13.2. The van der Waals surface area contributed by atoms with Crippen LogP contribution in [0.25, 0.3) is 6.08 Å². The number of pyridine rings is 1. The third-order valence-electron chi connectivity index (χ3n) is 9.55. The van der Waals surface area contributed by atoms with E-state index in [1.54, 1.807) is 6.20 Å². The molecule has 1 N–H and O–H groups in total. The van der Waals surface area contributed by atoms with Crippen molar-refractivity contribution in [1.29, 1.82) is 0 Å². The highest BCUT2D eigenvalue weighted by Crippen LogP contribution is 2.66. The van der Waals surface area contributed by atoms with Gasteiger partial charge >= 0.3 is 0 Å². The van der Waals surface area contributed by atoms with E-state index in [0.29, 0.717) is 17.6 Å². The number of aromatic nitrogens is 1. The predicted octanol–water partition coefficient (Wildman–Crippen LogP) is 5.60. The molecule has 3 heteroatoms. The number of hydrogen-bond acceptors (Lipinski definition) is 3. The molecule has 1 aromatic heterocycles. The molecule has 4 aliphatic rings. The zero-order chi connectivity index (χ0) is 20.9. The molecule has 4 aliphatic carbocycles. The van der Waals surface area contributed by atoms with Crippen molar-refractivity contribution < 1.29 is 9.90 Å². The molecule has 7 atom stereocenters. The molecule has 0 bridgehead atoms. The molecule has 5 rings (SSSR count). The first-order valence-electron chi connectivity index (χ1n) is 11.9. The van der Waals surface area contributed by atoms with E-state index >= 15 is 0 Å². The van der Waals surface area contributed by atoms with Crippen LogP contribution in [0.15, 0.2) is 42.3 Å². The maximum Gasteiger partial charge on any atom is 0.159 e. The molecular formula is C27H35NO2. The second-order valence-corrected chi connectivity index (χ2v) is 10.9. The van der Waals surface area contributed by atoms with E-state index in [-0.39, 0.29) is 22.9 Å². The molecule has 0 aliphatic heterocycles. The Labute approximate surface area is 180 Å². The molecule has 0 spiro atoms. The summed E-state index contributed by atoms with van der Waals surface area (Å²) in [6.45, 7) is 4.88. The summed E-state index contributed by atoms with van der Waals surface area (Å²) in [6, 6.07) is 3.91. The van der Waals surface area contributed by atoms with Gasteiger partial charge in [0.1, 0.15) is 0 Å². The number of aliphatic hydroxyl groups excluding tert-OH is 1. The Balaban J connectivity index is 1.36. The van der Waals surface area contributed by atoms with Gasteiger partial charge in [-0.2, -0.15) is 0 Å². The molecule has 3 nitrogen and oxygen atoms in total. The maximum absolute atomic E-state index is 13.2. The van der Waals surface area contributed by atoms with Crippen LogP contribution in [-0.2, 0) is 4.79 Å². The van der Waals surface area contributed by atoms with Crippen molar-refractivity contribution in [1.82, 2.24) is 4.98 Å². The quantitative estimate of drug-likeness (QED) is 0.526. The second-order valence-electron chi connectivity index (χ2n) is 10.9. The Hall–Kier alpha value is -1.74. The van der Waals surface area contributed by atoms with Crippen molar-refractivity contribution in [3.63, 3.8) is 0 Å². The average molecular weight is 406 g/mol. The minimum Gasteiger partial charge on any atom is -0.393 e. The monoisotopic (exact) mass is 405 g/mol. The van der Waals surface area contributed by atoms with Crippen molar-refractivity contribution in [2.75, 3.05) is 0 Å². The van der Waals surface area contributed by atoms with Gasteiger partial charge < -0.3 is 5.11 Å². The molecule has 4 unspecified atom stereocenters. The van der Waals surface area contributed by atoms with Gasteiger partial charge in [-0.1, -0.05) is 31.6 Å². The van der Waals surface area contributed by atoms with Gasteiger partial charge in [0.2, 0.25) is 0 Å². The molecule has 30 heavy (non-hydrogen) atoms. The summed E-state index contributed by atoms with van der Waals surface area (Å²) in [7, 11) is 0. The van der Waals surface area contributed by atoms with Crippen LogP contribution in [0.3, 0.4) is 0 Å². The molecule has 3 saturated carbocycles. The summed E-state index contributed by atoms with van der Waals surface area (Å²) in [6.07, 6.45) is 18.4. The summed E-state index contributed by atoms with van der Waals surface area (Å²) in [5.74, 6) is 2.54. The fraction of sp³-hybridized carbons (Fsp3) is 0.630. The number of hydrogen-bond donors (Lipinski definition) is 1. The highest BCUT2D eigenvalue weighted by molar-refractivity contribution is 5.96. The van der Waals surface area contributed by atoms with E-state index < -0.39 is 0 Å². The second kappa shape index (κ2) is 7.44. The normalized spacial score (nSPS) is 42.9. The molecule has 160 valence electrons. The van der Waals surface area contributed by atoms with Crippen LogP contribution in [0.5, 0.6) is 0 Å². The first kappa shape index (κ1) is 20.2. The predicted molar refractivity (Wildman–Crippen MR) is 119 cm³/mol. The van der Waals surface area contributed by atoms with Gasteiger partial charge in [0, 0.05) is 18.3 Å². The number of carbonyl (C=O) groups excluding carboxylic acids is 1. The molecular weight excluding hydrogens is 370 g/mol. The number of nitrogens with zero attached hydrogens (tertiary/aromatic N) is 1. The summed E-state index contributed by atoms with van der Waals surface area (Å²) in [5.41, 5.74) is 2.92. The molecule has 1 heterocycles. The summed E-state index contributed by atoms with van der Waals surface area (Å²) >= 11 is 0. The average Bonchev–Trinajstić information content (AvgIpc) is 3.10. The zero-order valence-electron chi connectivity index (χ0n) is 18.4. The van der Waals surface area contributed by atoms with E-state index in [9.17, 15) is 9.90 Å². The summed E-state index contributed by atoms with van der Waals surface area (Å²) in [5, 5.41) is 10.2.